The Morgan fingerprint density at radius 2 is 1.79 bits per heavy atom. The quantitative estimate of drug-likeness (QED) is 0.725. The van der Waals surface area contributed by atoms with Gasteiger partial charge in [0.25, 0.3) is 5.91 Å². The zero-order valence-corrected chi connectivity index (χ0v) is 18.0. The van der Waals surface area contributed by atoms with Gasteiger partial charge in [0.15, 0.2) is 0 Å². The van der Waals surface area contributed by atoms with Crippen LogP contribution < -0.4 is 10.9 Å². The first kappa shape index (κ1) is 21.2. The van der Waals surface area contributed by atoms with Gasteiger partial charge in [-0.25, -0.2) is 18.4 Å². The Bertz CT molecular complexity index is 1000. The van der Waals surface area contributed by atoms with Crippen LogP contribution in [0.15, 0.2) is 29.2 Å². The normalized spacial score (nSPS) is 17.7. The first-order valence-corrected chi connectivity index (χ1v) is 11.1. The van der Waals surface area contributed by atoms with Gasteiger partial charge in [0.2, 0.25) is 16.0 Å². The second kappa shape index (κ2) is 8.46. The summed E-state index contributed by atoms with van der Waals surface area (Å²) in [5.74, 6) is -0.173. The van der Waals surface area contributed by atoms with E-state index in [1.54, 1.807) is 19.1 Å². The number of benzene rings is 1. The number of aromatic nitrogens is 2. The molecule has 1 aliphatic rings. The molecular weight excluding hydrogens is 390 g/mol. The molecule has 0 aliphatic carbocycles. The molecule has 156 valence electrons. The van der Waals surface area contributed by atoms with Gasteiger partial charge in [0.05, 0.1) is 4.90 Å². The molecule has 2 heterocycles. The van der Waals surface area contributed by atoms with Crippen molar-refractivity contribution in [1.82, 2.24) is 19.7 Å². The van der Waals surface area contributed by atoms with Gasteiger partial charge in [-0.3, -0.25) is 15.6 Å². The molecule has 2 aromatic rings. The smallest absolute Gasteiger partial charge is 0.267 e. The standard InChI is InChI=1S/C20H27N5O3S/c1-13-8-9-17(29(27,28)25-10-6-5-7-16(25)4)12-18(13)19(26)23-24-20-21-14(2)11-15(3)22-20/h8-9,11-12,16H,5-7,10H2,1-4H3,(H,23,26)(H,21,22,24). The third-order valence-corrected chi connectivity index (χ3v) is 7.08. The highest BCUT2D eigenvalue weighted by Gasteiger charge is 2.31. The first-order chi connectivity index (χ1) is 13.7. The first-order valence-electron chi connectivity index (χ1n) is 9.69. The van der Waals surface area contributed by atoms with E-state index in [1.807, 2.05) is 26.8 Å². The lowest BCUT2D eigenvalue weighted by atomic mass is 10.1. The van der Waals surface area contributed by atoms with Crippen molar-refractivity contribution in [3.05, 3.63) is 46.8 Å². The van der Waals surface area contributed by atoms with Crippen molar-refractivity contribution < 1.29 is 13.2 Å². The fourth-order valence-corrected chi connectivity index (χ4v) is 5.26. The lowest BCUT2D eigenvalue weighted by molar-refractivity contribution is 0.0961. The number of aryl methyl sites for hydroxylation is 3. The van der Waals surface area contributed by atoms with E-state index >= 15 is 0 Å². The van der Waals surface area contributed by atoms with Crippen molar-refractivity contribution in [2.24, 2.45) is 0 Å². The Morgan fingerprint density at radius 3 is 2.45 bits per heavy atom. The van der Waals surface area contributed by atoms with Gasteiger partial charge in [-0.2, -0.15) is 4.31 Å². The predicted molar refractivity (Wildman–Crippen MR) is 111 cm³/mol. The van der Waals surface area contributed by atoms with Crippen LogP contribution in [0.4, 0.5) is 5.95 Å². The second-order valence-electron chi connectivity index (χ2n) is 7.49. The number of carbonyl (C=O) groups excluding carboxylic acids is 1. The molecule has 1 aromatic heterocycles. The van der Waals surface area contributed by atoms with Crippen molar-refractivity contribution in [1.29, 1.82) is 0 Å². The molecule has 0 bridgehead atoms. The number of hydrazine groups is 1. The molecule has 1 aliphatic heterocycles. The lowest BCUT2D eigenvalue weighted by Gasteiger charge is -2.32. The molecule has 2 N–H and O–H groups in total. The van der Waals surface area contributed by atoms with Crippen LogP contribution >= 0.6 is 0 Å². The van der Waals surface area contributed by atoms with Gasteiger partial charge in [-0.05, 0) is 64.3 Å². The number of piperidine rings is 1. The number of anilines is 1. The van der Waals surface area contributed by atoms with Gasteiger partial charge in [-0.1, -0.05) is 12.5 Å². The Kier molecular flexibility index (Phi) is 6.18. The molecule has 9 heteroatoms. The third-order valence-electron chi connectivity index (χ3n) is 5.07. The Balaban J connectivity index is 1.82. The highest BCUT2D eigenvalue weighted by molar-refractivity contribution is 7.89. The summed E-state index contributed by atoms with van der Waals surface area (Å²) >= 11 is 0. The fraction of sp³-hybridized carbons (Fsp3) is 0.450. The number of hydrogen-bond acceptors (Lipinski definition) is 6. The molecule has 1 atom stereocenters. The SMILES string of the molecule is Cc1cc(C)nc(NNC(=O)c2cc(S(=O)(=O)N3CCCCC3C)ccc2C)n1. The predicted octanol–water partition coefficient (Wildman–Crippen LogP) is 2.72. The number of sulfonamides is 1. The van der Waals surface area contributed by atoms with Crippen molar-refractivity contribution in [3.63, 3.8) is 0 Å². The minimum Gasteiger partial charge on any atom is -0.267 e. The van der Waals surface area contributed by atoms with Gasteiger partial charge < -0.3 is 0 Å². The Morgan fingerprint density at radius 1 is 1.10 bits per heavy atom. The lowest BCUT2D eigenvalue weighted by Crippen LogP contribution is -2.42. The Hall–Kier alpha value is -2.52. The minimum absolute atomic E-state index is 0.0456. The zero-order valence-electron chi connectivity index (χ0n) is 17.2. The number of rotatable bonds is 5. The summed E-state index contributed by atoms with van der Waals surface area (Å²) in [6, 6.07) is 6.43. The molecule has 0 radical (unpaired) electrons. The molecule has 1 fully saturated rings. The summed E-state index contributed by atoms with van der Waals surface area (Å²) in [6.45, 7) is 7.86. The van der Waals surface area contributed by atoms with Crippen LogP contribution in [-0.4, -0.2) is 41.2 Å². The largest absolute Gasteiger partial charge is 0.270 e. The van der Waals surface area contributed by atoms with E-state index < -0.39 is 15.9 Å². The second-order valence-corrected chi connectivity index (χ2v) is 9.38. The van der Waals surface area contributed by atoms with E-state index in [-0.39, 0.29) is 22.4 Å². The number of hydrogen-bond donors (Lipinski definition) is 2. The van der Waals surface area contributed by atoms with E-state index in [0.717, 1.165) is 30.7 Å². The molecule has 3 rings (SSSR count). The highest BCUT2D eigenvalue weighted by Crippen LogP contribution is 2.26. The van der Waals surface area contributed by atoms with Gasteiger partial charge in [0.1, 0.15) is 0 Å². The van der Waals surface area contributed by atoms with Gasteiger partial charge in [0, 0.05) is 29.5 Å². The number of nitrogens with zero attached hydrogens (tertiary/aromatic N) is 3. The molecule has 1 aromatic carbocycles. The maximum absolute atomic E-state index is 13.1. The minimum atomic E-state index is -3.65. The van der Waals surface area contributed by atoms with E-state index in [4.69, 9.17) is 0 Å². The van der Waals surface area contributed by atoms with E-state index in [1.165, 1.54) is 10.4 Å². The Labute approximate surface area is 171 Å². The van der Waals surface area contributed by atoms with Crippen molar-refractivity contribution in [2.75, 3.05) is 12.0 Å². The molecule has 1 saturated heterocycles. The van der Waals surface area contributed by atoms with Gasteiger partial charge in [-0.15, -0.1) is 0 Å². The average Bonchev–Trinajstić information content (AvgIpc) is 2.65. The monoisotopic (exact) mass is 417 g/mol. The van der Waals surface area contributed by atoms with E-state index in [2.05, 4.69) is 20.8 Å². The summed E-state index contributed by atoms with van der Waals surface area (Å²) in [5.41, 5.74) is 7.76. The number of amides is 1. The molecule has 1 amide bonds. The molecule has 0 spiro atoms. The summed E-state index contributed by atoms with van der Waals surface area (Å²) in [6.07, 6.45) is 2.72. The van der Waals surface area contributed by atoms with E-state index in [0.29, 0.717) is 12.1 Å². The third kappa shape index (κ3) is 4.73. The summed E-state index contributed by atoms with van der Waals surface area (Å²) in [4.78, 5) is 21.2. The van der Waals surface area contributed by atoms with Crippen LogP contribution in [0.2, 0.25) is 0 Å². The summed E-state index contributed by atoms with van der Waals surface area (Å²) in [5, 5.41) is 0. The van der Waals surface area contributed by atoms with Crippen molar-refractivity contribution >= 4 is 21.9 Å². The van der Waals surface area contributed by atoms with Crippen LogP contribution in [0.3, 0.4) is 0 Å². The van der Waals surface area contributed by atoms with Crippen molar-refractivity contribution in [2.45, 2.75) is 57.9 Å². The molecule has 29 heavy (non-hydrogen) atoms. The van der Waals surface area contributed by atoms with Crippen LogP contribution in [0.25, 0.3) is 0 Å². The number of carbonyl (C=O) groups is 1. The number of nitrogens with one attached hydrogen (secondary N) is 2. The molecule has 8 nitrogen and oxygen atoms in total. The van der Waals surface area contributed by atoms with Crippen LogP contribution in [0.5, 0.6) is 0 Å². The molecule has 1 unspecified atom stereocenters. The maximum atomic E-state index is 13.1. The van der Waals surface area contributed by atoms with Crippen LogP contribution in [-0.2, 0) is 10.0 Å². The average molecular weight is 418 g/mol. The molecule has 0 saturated carbocycles. The summed E-state index contributed by atoms with van der Waals surface area (Å²) < 4.78 is 27.7. The zero-order chi connectivity index (χ0) is 21.2. The van der Waals surface area contributed by atoms with Crippen LogP contribution in [0, 0.1) is 20.8 Å². The summed E-state index contributed by atoms with van der Waals surface area (Å²) in [7, 11) is -3.65. The van der Waals surface area contributed by atoms with Gasteiger partial charge >= 0.3 is 0 Å². The highest BCUT2D eigenvalue weighted by atomic mass is 32.2. The topological polar surface area (TPSA) is 104 Å². The maximum Gasteiger partial charge on any atom is 0.270 e. The molecular formula is C20H27N5O3S. The van der Waals surface area contributed by atoms with E-state index in [9.17, 15) is 13.2 Å². The van der Waals surface area contributed by atoms with Crippen LogP contribution in [0.1, 0.15) is 53.5 Å². The fourth-order valence-electron chi connectivity index (χ4n) is 3.53. The van der Waals surface area contributed by atoms with Crippen molar-refractivity contribution in [3.8, 4) is 0 Å².